The second kappa shape index (κ2) is 6.97. The number of pyridine rings is 1. The second-order valence-electron chi connectivity index (χ2n) is 6.50. The van der Waals surface area contributed by atoms with Crippen molar-refractivity contribution in [3.63, 3.8) is 0 Å². The van der Waals surface area contributed by atoms with Crippen LogP contribution in [-0.4, -0.2) is 21.7 Å². The van der Waals surface area contributed by atoms with Crippen molar-refractivity contribution in [3.8, 4) is 6.07 Å². The van der Waals surface area contributed by atoms with E-state index in [-0.39, 0.29) is 23.1 Å². The van der Waals surface area contributed by atoms with Gasteiger partial charge < -0.3 is 10.3 Å². The highest BCUT2D eigenvalue weighted by molar-refractivity contribution is 6.15. The summed E-state index contributed by atoms with van der Waals surface area (Å²) in [6.45, 7) is 1.74. The summed E-state index contributed by atoms with van der Waals surface area (Å²) in [7, 11) is 0. The minimum atomic E-state index is -0.362. The Morgan fingerprint density at radius 3 is 2.57 bits per heavy atom. The number of aromatic nitrogens is 2. The van der Waals surface area contributed by atoms with E-state index in [2.05, 4.69) is 21.4 Å². The maximum absolute atomic E-state index is 12.7. The molecule has 2 heterocycles. The molecule has 0 saturated carbocycles. The molecular formula is C22H16N4O2. The lowest BCUT2D eigenvalue weighted by molar-refractivity contribution is 0.0946. The topological polar surface area (TPSA) is 98.6 Å². The highest BCUT2D eigenvalue weighted by atomic mass is 16.2. The van der Waals surface area contributed by atoms with E-state index in [1.807, 2.05) is 24.3 Å². The first-order chi connectivity index (χ1) is 13.6. The van der Waals surface area contributed by atoms with E-state index in [9.17, 15) is 9.59 Å². The zero-order valence-corrected chi connectivity index (χ0v) is 15.1. The molecule has 0 atom stereocenters. The molecule has 28 heavy (non-hydrogen) atoms. The van der Waals surface area contributed by atoms with E-state index in [0.717, 1.165) is 21.9 Å². The number of hydrogen-bond acceptors (Lipinski definition) is 4. The maximum atomic E-state index is 12.7. The molecule has 0 unspecified atom stereocenters. The molecule has 4 aromatic rings. The predicted octanol–water partition coefficient (Wildman–Crippen LogP) is 3.72. The van der Waals surface area contributed by atoms with Crippen LogP contribution >= 0.6 is 0 Å². The number of H-pyrrole nitrogens is 1. The summed E-state index contributed by atoms with van der Waals surface area (Å²) in [6.07, 6.45) is 0. The highest BCUT2D eigenvalue weighted by Crippen LogP contribution is 2.27. The van der Waals surface area contributed by atoms with E-state index >= 15 is 0 Å². The first kappa shape index (κ1) is 17.4. The normalized spacial score (nSPS) is 10.7. The fraction of sp³-hybridized carbons (Fsp3) is 0.0909. The zero-order chi connectivity index (χ0) is 19.7. The summed E-state index contributed by atoms with van der Waals surface area (Å²) in [4.78, 5) is 32.3. The zero-order valence-electron chi connectivity index (χ0n) is 15.1. The standard InChI is InChI=1S/C22H16N4O2/c1-13(27)20-21-17(16-4-2-3-5-18(16)25-21)10-19(26-20)22(28)24-12-15-8-6-14(11-23)7-9-15/h2-10,25H,12H2,1H3,(H,24,28). The van der Waals surface area contributed by atoms with E-state index in [1.165, 1.54) is 6.92 Å². The van der Waals surface area contributed by atoms with Gasteiger partial charge in [0, 0.05) is 29.8 Å². The number of nitrogens with one attached hydrogen (secondary N) is 2. The molecule has 0 bridgehead atoms. The fourth-order valence-electron chi connectivity index (χ4n) is 3.19. The number of carbonyl (C=O) groups is 2. The van der Waals surface area contributed by atoms with Gasteiger partial charge in [0.15, 0.2) is 5.78 Å². The Morgan fingerprint density at radius 1 is 1.11 bits per heavy atom. The van der Waals surface area contributed by atoms with Gasteiger partial charge in [0.1, 0.15) is 11.4 Å². The Labute approximate surface area is 160 Å². The van der Waals surface area contributed by atoms with Crippen LogP contribution in [0.15, 0.2) is 54.6 Å². The Hall–Kier alpha value is -3.98. The van der Waals surface area contributed by atoms with Crippen molar-refractivity contribution in [1.82, 2.24) is 15.3 Å². The first-order valence-corrected chi connectivity index (χ1v) is 8.76. The Morgan fingerprint density at radius 2 is 1.86 bits per heavy atom. The van der Waals surface area contributed by atoms with Gasteiger partial charge in [-0.3, -0.25) is 9.59 Å². The minimum absolute atomic E-state index is 0.191. The van der Waals surface area contributed by atoms with Gasteiger partial charge in [-0.05, 0) is 29.8 Å². The number of ketones is 1. The number of nitriles is 1. The van der Waals surface area contributed by atoms with E-state index in [1.54, 1.807) is 30.3 Å². The third-order valence-electron chi connectivity index (χ3n) is 4.60. The molecule has 0 spiro atoms. The third kappa shape index (κ3) is 3.10. The SMILES string of the molecule is CC(=O)c1nc(C(=O)NCc2ccc(C#N)cc2)cc2c1[nH]c1ccccc12. The summed E-state index contributed by atoms with van der Waals surface area (Å²) in [5.41, 5.74) is 3.39. The Bertz CT molecular complexity index is 1260. The number of nitrogens with zero attached hydrogens (tertiary/aromatic N) is 2. The number of amides is 1. The molecule has 6 nitrogen and oxygen atoms in total. The van der Waals surface area contributed by atoms with Crippen molar-refractivity contribution in [2.24, 2.45) is 0 Å². The summed E-state index contributed by atoms with van der Waals surface area (Å²) in [5.74, 6) is -0.572. The van der Waals surface area contributed by atoms with Crippen molar-refractivity contribution in [1.29, 1.82) is 5.26 Å². The molecule has 1 amide bonds. The van der Waals surface area contributed by atoms with Gasteiger partial charge in [-0.2, -0.15) is 5.26 Å². The van der Waals surface area contributed by atoms with Gasteiger partial charge >= 0.3 is 0 Å². The Kier molecular flexibility index (Phi) is 4.34. The molecule has 2 N–H and O–H groups in total. The van der Waals surface area contributed by atoms with Crippen LogP contribution < -0.4 is 5.32 Å². The predicted molar refractivity (Wildman–Crippen MR) is 106 cm³/mol. The summed E-state index contributed by atoms with van der Waals surface area (Å²) < 4.78 is 0. The molecule has 2 aromatic carbocycles. The minimum Gasteiger partial charge on any atom is -0.353 e. The molecule has 6 heteroatoms. The van der Waals surface area contributed by atoms with Crippen LogP contribution in [0, 0.1) is 11.3 Å². The number of Topliss-reactive ketones (excluding diaryl/α,β-unsaturated/α-hetero) is 1. The summed E-state index contributed by atoms with van der Waals surface area (Å²) in [5, 5.41) is 13.4. The second-order valence-corrected chi connectivity index (χ2v) is 6.50. The molecule has 0 aliphatic rings. The molecule has 0 saturated heterocycles. The average molecular weight is 368 g/mol. The summed E-state index contributed by atoms with van der Waals surface area (Å²) >= 11 is 0. The van der Waals surface area contributed by atoms with Gasteiger partial charge in [0.05, 0.1) is 17.1 Å². The largest absolute Gasteiger partial charge is 0.353 e. The number of benzene rings is 2. The maximum Gasteiger partial charge on any atom is 0.270 e. The average Bonchev–Trinajstić information content (AvgIpc) is 3.10. The van der Waals surface area contributed by atoms with Crippen molar-refractivity contribution >= 4 is 33.5 Å². The molecule has 136 valence electrons. The number of aromatic amines is 1. The van der Waals surface area contributed by atoms with Crippen LogP contribution in [0.2, 0.25) is 0 Å². The summed E-state index contributed by atoms with van der Waals surface area (Å²) in [6, 6.07) is 18.4. The van der Waals surface area contributed by atoms with Crippen LogP contribution in [0.5, 0.6) is 0 Å². The van der Waals surface area contributed by atoms with Crippen LogP contribution in [0.4, 0.5) is 0 Å². The molecule has 4 rings (SSSR count). The monoisotopic (exact) mass is 368 g/mol. The lowest BCUT2D eigenvalue weighted by Crippen LogP contribution is -2.24. The lowest BCUT2D eigenvalue weighted by Gasteiger charge is -2.07. The molecule has 0 aliphatic heterocycles. The van der Waals surface area contributed by atoms with Gasteiger partial charge in [0.2, 0.25) is 0 Å². The van der Waals surface area contributed by atoms with Gasteiger partial charge in [-0.15, -0.1) is 0 Å². The number of fused-ring (bicyclic) bond motifs is 3. The molecule has 0 aliphatic carbocycles. The number of carbonyl (C=O) groups excluding carboxylic acids is 2. The fourth-order valence-corrected chi connectivity index (χ4v) is 3.19. The van der Waals surface area contributed by atoms with Crippen molar-refractivity contribution in [2.45, 2.75) is 13.5 Å². The van der Waals surface area contributed by atoms with Crippen LogP contribution in [0.25, 0.3) is 21.8 Å². The van der Waals surface area contributed by atoms with Crippen LogP contribution in [0.1, 0.15) is 39.0 Å². The van der Waals surface area contributed by atoms with Gasteiger partial charge in [-0.25, -0.2) is 4.98 Å². The van der Waals surface area contributed by atoms with Crippen LogP contribution in [0.3, 0.4) is 0 Å². The number of hydrogen-bond donors (Lipinski definition) is 2. The van der Waals surface area contributed by atoms with Crippen molar-refractivity contribution in [2.75, 3.05) is 0 Å². The molecular weight excluding hydrogens is 352 g/mol. The van der Waals surface area contributed by atoms with Gasteiger partial charge in [-0.1, -0.05) is 30.3 Å². The number of rotatable bonds is 4. The van der Waals surface area contributed by atoms with E-state index in [4.69, 9.17) is 5.26 Å². The van der Waals surface area contributed by atoms with Crippen molar-refractivity contribution < 1.29 is 9.59 Å². The third-order valence-corrected chi connectivity index (χ3v) is 4.60. The van der Waals surface area contributed by atoms with Crippen molar-refractivity contribution in [3.05, 3.63) is 77.1 Å². The van der Waals surface area contributed by atoms with Gasteiger partial charge in [0.25, 0.3) is 5.91 Å². The molecule has 0 fully saturated rings. The molecule has 0 radical (unpaired) electrons. The van der Waals surface area contributed by atoms with Crippen LogP contribution in [-0.2, 0) is 6.54 Å². The Balaban J connectivity index is 1.69. The quantitative estimate of drug-likeness (QED) is 0.536. The lowest BCUT2D eigenvalue weighted by atomic mass is 10.1. The highest BCUT2D eigenvalue weighted by Gasteiger charge is 2.18. The van der Waals surface area contributed by atoms with E-state index < -0.39 is 0 Å². The van der Waals surface area contributed by atoms with E-state index in [0.29, 0.717) is 17.6 Å². The molecule has 2 aromatic heterocycles. The smallest absolute Gasteiger partial charge is 0.270 e. The number of para-hydroxylation sites is 1. The first-order valence-electron chi connectivity index (χ1n) is 8.76.